The molecule has 3 atom stereocenters. The summed E-state index contributed by atoms with van der Waals surface area (Å²) in [7, 11) is 0. The molecule has 0 aromatic carbocycles. The van der Waals surface area contributed by atoms with Crippen LogP contribution in [0.2, 0.25) is 0 Å². The predicted molar refractivity (Wildman–Crippen MR) is 76.7 cm³/mol. The molecule has 20 heavy (non-hydrogen) atoms. The minimum absolute atomic E-state index is 0.222. The Bertz CT molecular complexity index is 256. The normalized spacial score (nSPS) is 29.7. The van der Waals surface area contributed by atoms with Gasteiger partial charge in [-0.25, -0.2) is 0 Å². The zero-order valence-corrected chi connectivity index (χ0v) is 12.4. The zero-order valence-electron chi connectivity index (χ0n) is 12.4. The second-order valence-corrected chi connectivity index (χ2v) is 5.98. The third-order valence-corrected chi connectivity index (χ3v) is 4.29. The molecule has 0 spiro atoms. The van der Waals surface area contributed by atoms with E-state index in [1.807, 2.05) is 0 Å². The molecule has 2 saturated heterocycles. The van der Waals surface area contributed by atoms with E-state index in [4.69, 9.17) is 14.6 Å². The largest absolute Gasteiger partial charge is 0.396 e. The van der Waals surface area contributed by atoms with Crippen molar-refractivity contribution in [3.8, 4) is 0 Å². The second kappa shape index (κ2) is 8.95. The molecule has 5 heteroatoms. The maximum Gasteiger partial charge on any atom is 0.0900 e. The van der Waals surface area contributed by atoms with Crippen molar-refractivity contribution in [1.82, 2.24) is 4.90 Å². The number of β-amino-alcohol motifs (C(OH)–C–C–N with tert-alkyl or cyclic N) is 1. The van der Waals surface area contributed by atoms with E-state index in [9.17, 15) is 5.11 Å². The Morgan fingerprint density at radius 3 is 2.90 bits per heavy atom. The van der Waals surface area contributed by atoms with E-state index in [0.717, 1.165) is 38.8 Å². The Morgan fingerprint density at radius 1 is 1.25 bits per heavy atom. The highest BCUT2D eigenvalue weighted by atomic mass is 16.5. The average molecular weight is 287 g/mol. The lowest BCUT2D eigenvalue weighted by Crippen LogP contribution is -2.45. The maximum atomic E-state index is 10.1. The Balaban J connectivity index is 1.62. The molecule has 0 bridgehead atoms. The van der Waals surface area contributed by atoms with Crippen LogP contribution in [0.5, 0.6) is 0 Å². The van der Waals surface area contributed by atoms with E-state index < -0.39 is 6.10 Å². The molecule has 2 rings (SSSR count). The van der Waals surface area contributed by atoms with Crippen LogP contribution < -0.4 is 0 Å². The van der Waals surface area contributed by atoms with Gasteiger partial charge in [0, 0.05) is 25.8 Å². The molecule has 0 radical (unpaired) electrons. The highest BCUT2D eigenvalue weighted by molar-refractivity contribution is 4.78. The number of hydrogen-bond donors (Lipinski definition) is 2. The monoisotopic (exact) mass is 287 g/mol. The smallest absolute Gasteiger partial charge is 0.0900 e. The molecule has 0 aromatic heterocycles. The van der Waals surface area contributed by atoms with Gasteiger partial charge in [0.1, 0.15) is 0 Å². The number of aliphatic hydroxyl groups excluding tert-OH is 2. The molecule has 5 nitrogen and oxygen atoms in total. The van der Waals surface area contributed by atoms with Gasteiger partial charge >= 0.3 is 0 Å². The first-order valence-electron chi connectivity index (χ1n) is 8.02. The van der Waals surface area contributed by atoms with Gasteiger partial charge in [0.25, 0.3) is 0 Å². The van der Waals surface area contributed by atoms with Crippen LogP contribution in [0.25, 0.3) is 0 Å². The van der Waals surface area contributed by atoms with E-state index in [0.29, 0.717) is 25.8 Å². The highest BCUT2D eigenvalue weighted by Crippen LogP contribution is 2.19. The zero-order chi connectivity index (χ0) is 14.2. The van der Waals surface area contributed by atoms with Crippen LogP contribution in [0.15, 0.2) is 0 Å². The summed E-state index contributed by atoms with van der Waals surface area (Å²) in [6.45, 7) is 3.71. The predicted octanol–water partition coefficient (Wildman–Crippen LogP) is 0.780. The fraction of sp³-hybridized carbons (Fsp3) is 1.00. The van der Waals surface area contributed by atoms with E-state index in [-0.39, 0.29) is 12.7 Å². The van der Waals surface area contributed by atoms with Crippen LogP contribution in [0.3, 0.4) is 0 Å². The summed E-state index contributed by atoms with van der Waals surface area (Å²) < 4.78 is 11.1. The van der Waals surface area contributed by atoms with Crippen molar-refractivity contribution in [3.63, 3.8) is 0 Å². The van der Waals surface area contributed by atoms with Gasteiger partial charge in [0.2, 0.25) is 0 Å². The van der Waals surface area contributed by atoms with Crippen molar-refractivity contribution in [2.75, 3.05) is 39.5 Å². The number of rotatable bonds is 8. The van der Waals surface area contributed by atoms with Crippen LogP contribution in [-0.2, 0) is 9.47 Å². The Labute approximate surface area is 121 Å². The van der Waals surface area contributed by atoms with E-state index in [1.54, 1.807) is 0 Å². The van der Waals surface area contributed by atoms with Gasteiger partial charge in [-0.15, -0.1) is 0 Å². The first-order chi connectivity index (χ1) is 9.79. The van der Waals surface area contributed by atoms with Gasteiger partial charge in [0.15, 0.2) is 0 Å². The van der Waals surface area contributed by atoms with E-state index in [1.165, 1.54) is 12.8 Å². The van der Waals surface area contributed by atoms with E-state index >= 15 is 0 Å². The summed E-state index contributed by atoms with van der Waals surface area (Å²) in [5.74, 6) is 0. The molecule has 0 aromatic rings. The molecule has 2 aliphatic heterocycles. The summed E-state index contributed by atoms with van der Waals surface area (Å²) in [5, 5.41) is 19.2. The number of piperidine rings is 1. The molecule has 0 saturated carbocycles. The molecule has 2 N–H and O–H groups in total. The van der Waals surface area contributed by atoms with Gasteiger partial charge in [-0.05, 0) is 38.6 Å². The Hall–Kier alpha value is -0.200. The molecular weight excluding hydrogens is 258 g/mol. The number of likely N-dealkylation sites (tertiary alicyclic amines) is 1. The second-order valence-electron chi connectivity index (χ2n) is 5.98. The van der Waals surface area contributed by atoms with Crippen molar-refractivity contribution in [3.05, 3.63) is 0 Å². The minimum Gasteiger partial charge on any atom is -0.396 e. The molecular formula is C15H29NO4. The molecule has 2 aliphatic rings. The van der Waals surface area contributed by atoms with Gasteiger partial charge in [-0.1, -0.05) is 6.42 Å². The first kappa shape index (κ1) is 16.2. The fourth-order valence-corrected chi connectivity index (χ4v) is 3.21. The number of ether oxygens (including phenoxy) is 2. The number of nitrogens with zero attached hydrogens (tertiary/aromatic N) is 1. The molecule has 2 fully saturated rings. The first-order valence-corrected chi connectivity index (χ1v) is 8.02. The summed E-state index contributed by atoms with van der Waals surface area (Å²) >= 11 is 0. The summed E-state index contributed by atoms with van der Waals surface area (Å²) in [4.78, 5) is 2.31. The molecule has 0 aliphatic carbocycles. The lowest BCUT2D eigenvalue weighted by Gasteiger charge is -2.36. The lowest BCUT2D eigenvalue weighted by molar-refractivity contribution is -0.0323. The number of hydrogen-bond acceptors (Lipinski definition) is 5. The molecule has 118 valence electrons. The maximum absolute atomic E-state index is 10.1. The standard InChI is InChI=1S/C15H29NO4/c17-8-6-13-4-1-2-7-16(13)10-14(18)11-19-12-15-5-3-9-20-15/h13-15,17-18H,1-12H2/t13-,14+,15-/m0/s1. The van der Waals surface area contributed by atoms with Crippen LogP contribution in [0.4, 0.5) is 0 Å². The Kier molecular flexibility index (Phi) is 7.24. The van der Waals surface area contributed by atoms with Crippen LogP contribution >= 0.6 is 0 Å². The summed E-state index contributed by atoms with van der Waals surface area (Å²) in [6, 6.07) is 0.418. The SMILES string of the molecule is OCC[C@@H]1CCCCN1C[C@@H](O)COC[C@@H]1CCCO1. The quantitative estimate of drug-likeness (QED) is 0.691. The minimum atomic E-state index is -0.448. The molecule has 2 heterocycles. The van der Waals surface area contributed by atoms with Gasteiger partial charge in [-0.2, -0.15) is 0 Å². The van der Waals surface area contributed by atoms with E-state index in [2.05, 4.69) is 4.90 Å². The van der Waals surface area contributed by atoms with Gasteiger partial charge < -0.3 is 19.7 Å². The highest BCUT2D eigenvalue weighted by Gasteiger charge is 2.24. The van der Waals surface area contributed by atoms with Crippen molar-refractivity contribution in [2.24, 2.45) is 0 Å². The third-order valence-electron chi connectivity index (χ3n) is 4.29. The summed E-state index contributed by atoms with van der Waals surface area (Å²) in [6.07, 6.45) is 6.31. The van der Waals surface area contributed by atoms with Crippen LogP contribution in [0, 0.1) is 0 Å². The van der Waals surface area contributed by atoms with Gasteiger partial charge in [-0.3, -0.25) is 4.90 Å². The van der Waals surface area contributed by atoms with Crippen molar-refractivity contribution in [1.29, 1.82) is 0 Å². The topological polar surface area (TPSA) is 62.2 Å². The lowest BCUT2D eigenvalue weighted by atomic mass is 9.99. The van der Waals surface area contributed by atoms with Crippen molar-refractivity contribution >= 4 is 0 Å². The van der Waals surface area contributed by atoms with Crippen molar-refractivity contribution < 1.29 is 19.7 Å². The number of aliphatic hydroxyl groups is 2. The van der Waals surface area contributed by atoms with Crippen LogP contribution in [-0.4, -0.2) is 72.9 Å². The van der Waals surface area contributed by atoms with Crippen LogP contribution in [0.1, 0.15) is 38.5 Å². The molecule has 0 unspecified atom stereocenters. The molecule has 0 amide bonds. The Morgan fingerprint density at radius 2 is 2.15 bits per heavy atom. The van der Waals surface area contributed by atoms with Gasteiger partial charge in [0.05, 0.1) is 25.4 Å². The third kappa shape index (κ3) is 5.30. The summed E-state index contributed by atoms with van der Waals surface area (Å²) in [5.41, 5.74) is 0. The fourth-order valence-electron chi connectivity index (χ4n) is 3.21. The van der Waals surface area contributed by atoms with Crippen molar-refractivity contribution in [2.45, 2.75) is 56.8 Å². The average Bonchev–Trinajstić information content (AvgIpc) is 2.94.